The van der Waals surface area contributed by atoms with Gasteiger partial charge in [-0.1, -0.05) is 0 Å². The number of aromatic nitrogens is 1. The van der Waals surface area contributed by atoms with Gasteiger partial charge in [-0.15, -0.1) is 0 Å². The molecule has 3 amide bonds. The first-order valence-electron chi connectivity index (χ1n) is 9.91. The van der Waals surface area contributed by atoms with Crippen LogP contribution in [0, 0.1) is 18.6 Å². The second-order valence-electron chi connectivity index (χ2n) is 7.90. The number of carbonyl (C=O) groups is 4. The molecule has 1 aromatic carbocycles. The van der Waals surface area contributed by atoms with Gasteiger partial charge < -0.3 is 20.9 Å². The molecule has 0 saturated heterocycles. The fourth-order valence-corrected chi connectivity index (χ4v) is 3.74. The summed E-state index contributed by atoms with van der Waals surface area (Å²) in [6.45, 7) is 1.86. The zero-order valence-electron chi connectivity index (χ0n) is 17.9. The van der Waals surface area contributed by atoms with Gasteiger partial charge in [-0.2, -0.15) is 13.2 Å². The van der Waals surface area contributed by atoms with E-state index in [-0.39, 0.29) is 29.1 Å². The van der Waals surface area contributed by atoms with Gasteiger partial charge in [0.25, 0.3) is 23.5 Å². The molecule has 0 saturated carbocycles. The Morgan fingerprint density at radius 1 is 1.09 bits per heavy atom. The van der Waals surface area contributed by atoms with Crippen LogP contribution >= 0.6 is 0 Å². The third-order valence-corrected chi connectivity index (χ3v) is 5.66. The van der Waals surface area contributed by atoms with Crippen molar-refractivity contribution in [1.29, 1.82) is 0 Å². The van der Waals surface area contributed by atoms with E-state index in [1.165, 1.54) is 16.8 Å². The van der Waals surface area contributed by atoms with Crippen LogP contribution in [-0.2, 0) is 22.6 Å². The van der Waals surface area contributed by atoms with Gasteiger partial charge in [0.05, 0.1) is 11.3 Å². The highest BCUT2D eigenvalue weighted by atomic mass is 19.4. The predicted octanol–water partition coefficient (Wildman–Crippen LogP) is 2.38. The summed E-state index contributed by atoms with van der Waals surface area (Å²) in [5.41, 5.74) is 1.24. The quantitative estimate of drug-likeness (QED) is 0.330. The number of anilines is 1. The summed E-state index contributed by atoms with van der Waals surface area (Å²) in [4.78, 5) is 49.6. The summed E-state index contributed by atoms with van der Waals surface area (Å²) in [7, 11) is 0. The molecule has 0 unspecified atom stereocenters. The minimum absolute atomic E-state index is 0.00252. The molecule has 0 spiro atoms. The molecule has 0 bridgehead atoms. The van der Waals surface area contributed by atoms with E-state index >= 15 is 0 Å². The maximum Gasteiger partial charge on any atom is 0.420 e. The summed E-state index contributed by atoms with van der Waals surface area (Å²) in [5, 5.41) is 3.73. The molecule has 182 valence electrons. The number of hydrogen-bond acceptors (Lipinski definition) is 4. The highest BCUT2D eigenvalue weighted by Crippen LogP contribution is 2.32. The number of nitrogens with two attached hydrogens (primary N) is 1. The Kier molecular flexibility index (Phi) is 6.24. The lowest BCUT2D eigenvalue weighted by atomic mass is 9.99. The van der Waals surface area contributed by atoms with Crippen molar-refractivity contribution in [2.24, 2.45) is 5.73 Å². The molecular formula is C21H19F5N4O4. The van der Waals surface area contributed by atoms with Crippen molar-refractivity contribution in [3.63, 3.8) is 0 Å². The Labute approximate surface area is 189 Å². The van der Waals surface area contributed by atoms with Crippen LogP contribution < -0.4 is 16.4 Å². The molecule has 34 heavy (non-hydrogen) atoms. The molecule has 1 atom stereocenters. The predicted molar refractivity (Wildman–Crippen MR) is 108 cm³/mol. The van der Waals surface area contributed by atoms with Gasteiger partial charge in [0.15, 0.2) is 11.6 Å². The number of alkyl halides is 3. The van der Waals surface area contributed by atoms with E-state index in [0.717, 1.165) is 18.2 Å². The minimum atomic E-state index is -5.28. The van der Waals surface area contributed by atoms with Crippen molar-refractivity contribution in [2.75, 3.05) is 5.32 Å². The molecule has 2 aromatic rings. The Bertz CT molecular complexity index is 1220. The summed E-state index contributed by atoms with van der Waals surface area (Å²) in [5.74, 6) is -8.16. The van der Waals surface area contributed by atoms with Gasteiger partial charge in [0.2, 0.25) is 5.54 Å². The lowest BCUT2D eigenvalue weighted by molar-refractivity contribution is -0.194. The Morgan fingerprint density at radius 2 is 1.74 bits per heavy atom. The van der Waals surface area contributed by atoms with Crippen LogP contribution in [0.4, 0.5) is 27.6 Å². The van der Waals surface area contributed by atoms with Crippen molar-refractivity contribution in [3.05, 3.63) is 52.3 Å². The van der Waals surface area contributed by atoms with E-state index in [0.29, 0.717) is 25.5 Å². The highest BCUT2D eigenvalue weighted by molar-refractivity contribution is 6.43. The largest absolute Gasteiger partial charge is 0.420 e. The third kappa shape index (κ3) is 4.13. The maximum atomic E-state index is 13.5. The Morgan fingerprint density at radius 3 is 2.29 bits per heavy atom. The van der Waals surface area contributed by atoms with E-state index in [2.05, 4.69) is 5.32 Å². The summed E-state index contributed by atoms with van der Waals surface area (Å²) >= 11 is 0. The number of nitrogens with zero attached hydrogens (tertiary/aromatic N) is 1. The molecule has 1 aromatic heterocycles. The van der Waals surface area contributed by atoms with Crippen LogP contribution in [0.25, 0.3) is 0 Å². The number of fused-ring (bicyclic) bond motifs is 1. The highest BCUT2D eigenvalue weighted by Gasteiger charge is 2.57. The van der Waals surface area contributed by atoms with E-state index in [9.17, 15) is 41.1 Å². The number of carbonyl (C=O) groups excluding carboxylic acids is 4. The zero-order valence-corrected chi connectivity index (χ0v) is 17.9. The second-order valence-corrected chi connectivity index (χ2v) is 7.90. The average Bonchev–Trinajstić information content (AvgIpc) is 3.28. The summed E-state index contributed by atoms with van der Waals surface area (Å²) in [6.07, 6.45) is -4.48. The monoisotopic (exact) mass is 486 g/mol. The zero-order chi connectivity index (χ0) is 25.6. The van der Waals surface area contributed by atoms with Gasteiger partial charge in [0.1, 0.15) is 0 Å². The molecule has 2 heterocycles. The van der Waals surface area contributed by atoms with Gasteiger partial charge in [-0.05, 0) is 44.4 Å². The summed E-state index contributed by atoms with van der Waals surface area (Å²) < 4.78 is 67.9. The second kappa shape index (κ2) is 8.54. The number of nitrogens with one attached hydrogen (secondary N) is 2. The Hall–Kier alpha value is -3.77. The number of Topliss-reactive ketones (excluding diaryl/α,β-unsaturated/α-hetero) is 1. The molecular weight excluding hydrogens is 467 g/mol. The number of benzene rings is 1. The first-order chi connectivity index (χ1) is 15.7. The number of amides is 3. The number of rotatable bonds is 6. The molecule has 13 heteroatoms. The fourth-order valence-electron chi connectivity index (χ4n) is 3.74. The van der Waals surface area contributed by atoms with Crippen molar-refractivity contribution in [3.8, 4) is 0 Å². The smallest absolute Gasteiger partial charge is 0.367 e. The molecule has 0 aliphatic carbocycles. The van der Waals surface area contributed by atoms with Crippen LogP contribution in [0.2, 0.25) is 0 Å². The van der Waals surface area contributed by atoms with Crippen molar-refractivity contribution in [2.45, 2.75) is 44.9 Å². The molecule has 4 N–H and O–H groups in total. The standard InChI is InChI=1S/C21H19F5N4O4/c1-9-14(17(32)28-10-5-6-11(22)12(23)8-10)13-4-3-7-30(13)15(9)16(31)18(33)29-20(2,19(27)34)21(24,25)26/h5-6,8H,3-4,7H2,1-2H3,(H2,27,34)(H,28,32)(H,29,33)/t20-/m1/s1. The van der Waals surface area contributed by atoms with E-state index in [1.54, 1.807) is 0 Å². The van der Waals surface area contributed by atoms with Gasteiger partial charge in [-0.3, -0.25) is 19.2 Å². The van der Waals surface area contributed by atoms with E-state index < -0.39 is 46.9 Å². The summed E-state index contributed by atoms with van der Waals surface area (Å²) in [6, 6.07) is 2.67. The van der Waals surface area contributed by atoms with Crippen molar-refractivity contribution >= 4 is 29.2 Å². The molecule has 0 radical (unpaired) electrons. The number of halogens is 5. The first-order valence-corrected chi connectivity index (χ1v) is 9.91. The minimum Gasteiger partial charge on any atom is -0.367 e. The van der Waals surface area contributed by atoms with Crippen LogP contribution in [0.15, 0.2) is 18.2 Å². The number of primary amides is 1. The normalized spacial score (nSPS) is 14.8. The average molecular weight is 486 g/mol. The fraction of sp³-hybridized carbons (Fsp3) is 0.333. The molecule has 1 aliphatic rings. The van der Waals surface area contributed by atoms with Gasteiger partial charge >= 0.3 is 6.18 Å². The van der Waals surface area contributed by atoms with Crippen LogP contribution in [0.1, 0.15) is 45.4 Å². The van der Waals surface area contributed by atoms with Crippen molar-refractivity contribution < 1.29 is 41.1 Å². The Balaban J connectivity index is 1.96. The molecule has 8 nitrogen and oxygen atoms in total. The lowest BCUT2D eigenvalue weighted by Gasteiger charge is -2.29. The maximum absolute atomic E-state index is 13.5. The molecule has 1 aliphatic heterocycles. The third-order valence-electron chi connectivity index (χ3n) is 5.66. The van der Waals surface area contributed by atoms with E-state index in [4.69, 9.17) is 5.73 Å². The van der Waals surface area contributed by atoms with Crippen molar-refractivity contribution in [1.82, 2.24) is 9.88 Å². The molecule has 3 rings (SSSR count). The van der Waals surface area contributed by atoms with Crippen LogP contribution in [0.3, 0.4) is 0 Å². The van der Waals surface area contributed by atoms with Gasteiger partial charge in [0, 0.05) is 24.0 Å². The molecule has 0 fully saturated rings. The number of ketones is 1. The first kappa shape index (κ1) is 24.9. The van der Waals surface area contributed by atoms with Crippen LogP contribution in [0.5, 0.6) is 0 Å². The van der Waals surface area contributed by atoms with Crippen LogP contribution in [-0.4, -0.2) is 39.8 Å². The lowest BCUT2D eigenvalue weighted by Crippen LogP contribution is -2.65. The van der Waals surface area contributed by atoms with Gasteiger partial charge in [-0.25, -0.2) is 8.78 Å². The SMILES string of the molecule is Cc1c(C(=O)Nc2ccc(F)c(F)c2)c2n(c1C(=O)C(=O)N[C@](C)(C(N)=O)C(F)(F)F)CCC2. The number of hydrogen-bond donors (Lipinski definition) is 3. The topological polar surface area (TPSA) is 123 Å². The van der Waals surface area contributed by atoms with E-state index in [1.807, 2.05) is 0 Å².